The number of anilines is 1. The van der Waals surface area contributed by atoms with Gasteiger partial charge < -0.3 is 15.4 Å². The zero-order valence-corrected chi connectivity index (χ0v) is 15.6. The molecule has 0 radical (unpaired) electrons. The van der Waals surface area contributed by atoms with Crippen molar-refractivity contribution in [2.75, 3.05) is 19.0 Å². The van der Waals surface area contributed by atoms with Gasteiger partial charge in [0.25, 0.3) is 0 Å². The van der Waals surface area contributed by atoms with Gasteiger partial charge in [-0.05, 0) is 49.1 Å². The number of halogens is 2. The monoisotopic (exact) mass is 390 g/mol. The average Bonchev–Trinajstić information content (AvgIpc) is 3.45. The largest absolute Gasteiger partial charge is 0.495 e. The van der Waals surface area contributed by atoms with Crippen LogP contribution in [0.4, 0.5) is 10.1 Å². The molecule has 1 aliphatic carbocycles. The Morgan fingerprint density at radius 2 is 1.93 bits per heavy atom. The number of ether oxygens (including phenoxy) is 1. The van der Waals surface area contributed by atoms with E-state index in [0.717, 1.165) is 0 Å². The number of carbonyl (C=O) groups excluding carboxylic acids is 2. The van der Waals surface area contributed by atoms with E-state index in [9.17, 15) is 14.0 Å². The number of amides is 2. The summed E-state index contributed by atoms with van der Waals surface area (Å²) in [6.07, 6.45) is 1.33. The number of rotatable bonds is 7. The molecule has 0 saturated heterocycles. The van der Waals surface area contributed by atoms with Crippen LogP contribution in [0.2, 0.25) is 5.02 Å². The van der Waals surface area contributed by atoms with Gasteiger partial charge in [0.1, 0.15) is 17.0 Å². The summed E-state index contributed by atoms with van der Waals surface area (Å²) in [7, 11) is 1.50. The van der Waals surface area contributed by atoms with Crippen molar-refractivity contribution in [2.45, 2.75) is 19.3 Å². The van der Waals surface area contributed by atoms with Crippen LogP contribution in [0.3, 0.4) is 0 Å². The van der Waals surface area contributed by atoms with E-state index in [0.29, 0.717) is 41.3 Å². The highest BCUT2D eigenvalue weighted by atomic mass is 35.5. The van der Waals surface area contributed by atoms with Crippen LogP contribution in [-0.2, 0) is 16.0 Å². The molecule has 0 atom stereocenters. The summed E-state index contributed by atoms with van der Waals surface area (Å²) in [4.78, 5) is 25.1. The van der Waals surface area contributed by atoms with Crippen molar-refractivity contribution < 1.29 is 18.7 Å². The Balaban J connectivity index is 1.57. The molecule has 0 unspecified atom stereocenters. The minimum atomic E-state index is -1.07. The quantitative estimate of drug-likeness (QED) is 0.710. The number of carbonyl (C=O) groups is 2. The van der Waals surface area contributed by atoms with Crippen LogP contribution in [0.1, 0.15) is 18.4 Å². The molecule has 1 fully saturated rings. The number of methoxy groups -OCH3 is 1. The Labute approximate surface area is 161 Å². The summed E-state index contributed by atoms with van der Waals surface area (Å²) in [6.45, 7) is 0.267. The van der Waals surface area contributed by atoms with Crippen molar-refractivity contribution in [1.82, 2.24) is 5.32 Å². The van der Waals surface area contributed by atoms with Gasteiger partial charge in [0.15, 0.2) is 0 Å². The van der Waals surface area contributed by atoms with Crippen LogP contribution in [0.5, 0.6) is 5.75 Å². The fourth-order valence-electron chi connectivity index (χ4n) is 2.86. The summed E-state index contributed by atoms with van der Waals surface area (Å²) < 4.78 is 18.7. The average molecular weight is 391 g/mol. The molecule has 0 bridgehead atoms. The predicted octanol–water partition coefficient (Wildman–Crippen LogP) is 3.57. The van der Waals surface area contributed by atoms with Gasteiger partial charge in [-0.15, -0.1) is 0 Å². The standard InChI is InChI=1S/C20H20ClFN2O3/c1-27-17-7-6-14(12-15(17)21)24-19(26)20(9-10-20)18(25)23-11-8-13-4-2-3-5-16(13)22/h2-7,12H,8-11H2,1H3,(H,23,25)(H,24,26). The fourth-order valence-corrected chi connectivity index (χ4v) is 3.12. The van der Waals surface area contributed by atoms with E-state index in [4.69, 9.17) is 16.3 Å². The second-order valence-electron chi connectivity index (χ2n) is 6.48. The summed E-state index contributed by atoms with van der Waals surface area (Å²) in [6, 6.07) is 11.3. The Bertz CT molecular complexity index is 868. The second-order valence-corrected chi connectivity index (χ2v) is 6.89. The normalized spacial score (nSPS) is 14.3. The lowest BCUT2D eigenvalue weighted by Crippen LogP contribution is -2.40. The van der Waals surface area contributed by atoms with Gasteiger partial charge in [-0.1, -0.05) is 29.8 Å². The molecular formula is C20H20ClFN2O3. The molecule has 1 aliphatic rings. The zero-order chi connectivity index (χ0) is 19.4. The van der Waals surface area contributed by atoms with E-state index in [1.165, 1.54) is 13.2 Å². The van der Waals surface area contributed by atoms with E-state index >= 15 is 0 Å². The molecule has 7 heteroatoms. The highest BCUT2D eigenvalue weighted by molar-refractivity contribution is 6.32. The van der Waals surface area contributed by atoms with Crippen molar-refractivity contribution in [3.8, 4) is 5.75 Å². The maximum absolute atomic E-state index is 13.6. The predicted molar refractivity (Wildman–Crippen MR) is 101 cm³/mol. The lowest BCUT2D eigenvalue weighted by Gasteiger charge is -2.16. The highest BCUT2D eigenvalue weighted by Crippen LogP contribution is 2.47. The van der Waals surface area contributed by atoms with Crippen LogP contribution in [0.15, 0.2) is 42.5 Å². The van der Waals surface area contributed by atoms with E-state index in [2.05, 4.69) is 10.6 Å². The Morgan fingerprint density at radius 3 is 2.56 bits per heavy atom. The van der Waals surface area contributed by atoms with Crippen molar-refractivity contribution in [1.29, 1.82) is 0 Å². The second kappa shape index (κ2) is 7.96. The minimum absolute atomic E-state index is 0.267. The van der Waals surface area contributed by atoms with Gasteiger partial charge in [0.2, 0.25) is 11.8 Å². The number of benzene rings is 2. The maximum atomic E-state index is 13.6. The molecule has 142 valence electrons. The van der Waals surface area contributed by atoms with Crippen molar-refractivity contribution in [3.05, 3.63) is 58.9 Å². The minimum Gasteiger partial charge on any atom is -0.495 e. The molecule has 0 aliphatic heterocycles. The molecule has 0 heterocycles. The third kappa shape index (κ3) is 4.22. The summed E-state index contributed by atoms with van der Waals surface area (Å²) in [5, 5.41) is 5.85. The van der Waals surface area contributed by atoms with Crippen LogP contribution in [0.25, 0.3) is 0 Å². The topological polar surface area (TPSA) is 67.4 Å². The first-order chi connectivity index (χ1) is 13.0. The van der Waals surface area contributed by atoms with Gasteiger partial charge in [0.05, 0.1) is 12.1 Å². The zero-order valence-electron chi connectivity index (χ0n) is 14.9. The molecule has 0 aromatic heterocycles. The number of hydrogen-bond acceptors (Lipinski definition) is 3. The Morgan fingerprint density at radius 1 is 1.19 bits per heavy atom. The van der Waals surface area contributed by atoms with Gasteiger partial charge in [-0.25, -0.2) is 4.39 Å². The maximum Gasteiger partial charge on any atom is 0.240 e. The number of hydrogen-bond donors (Lipinski definition) is 2. The lowest BCUT2D eigenvalue weighted by molar-refractivity contribution is -0.134. The molecule has 1 saturated carbocycles. The van der Waals surface area contributed by atoms with Crippen molar-refractivity contribution >= 4 is 29.1 Å². The number of nitrogens with one attached hydrogen (secondary N) is 2. The lowest BCUT2D eigenvalue weighted by atomic mass is 10.0. The molecule has 27 heavy (non-hydrogen) atoms. The first-order valence-corrected chi connectivity index (χ1v) is 9.01. The molecule has 2 aromatic carbocycles. The molecule has 2 N–H and O–H groups in total. The summed E-state index contributed by atoms with van der Waals surface area (Å²) in [5.41, 5.74) is -0.0436. The van der Waals surface area contributed by atoms with Crippen LogP contribution < -0.4 is 15.4 Å². The van der Waals surface area contributed by atoms with Gasteiger partial charge in [0, 0.05) is 12.2 Å². The molecule has 0 spiro atoms. The van der Waals surface area contributed by atoms with Crippen molar-refractivity contribution in [2.24, 2.45) is 5.41 Å². The smallest absolute Gasteiger partial charge is 0.240 e. The van der Waals surface area contributed by atoms with Gasteiger partial charge in [-0.3, -0.25) is 9.59 Å². The third-order valence-corrected chi connectivity index (χ3v) is 4.96. The third-order valence-electron chi connectivity index (χ3n) is 4.67. The summed E-state index contributed by atoms with van der Waals surface area (Å²) >= 11 is 6.06. The highest BCUT2D eigenvalue weighted by Gasteiger charge is 2.56. The molecule has 2 aromatic rings. The van der Waals surface area contributed by atoms with E-state index in [1.807, 2.05) is 0 Å². The van der Waals surface area contributed by atoms with Gasteiger partial charge >= 0.3 is 0 Å². The van der Waals surface area contributed by atoms with Crippen LogP contribution in [-0.4, -0.2) is 25.5 Å². The fraction of sp³-hybridized carbons (Fsp3) is 0.300. The van der Waals surface area contributed by atoms with Crippen LogP contribution >= 0.6 is 11.6 Å². The SMILES string of the molecule is COc1ccc(NC(=O)C2(C(=O)NCCc3ccccc3F)CC2)cc1Cl. The van der Waals surface area contributed by atoms with E-state index < -0.39 is 5.41 Å². The van der Waals surface area contributed by atoms with E-state index in [1.54, 1.807) is 36.4 Å². The first-order valence-electron chi connectivity index (χ1n) is 8.63. The van der Waals surface area contributed by atoms with Gasteiger partial charge in [-0.2, -0.15) is 0 Å². The molecule has 5 nitrogen and oxygen atoms in total. The van der Waals surface area contributed by atoms with Crippen LogP contribution in [0, 0.1) is 11.2 Å². The van der Waals surface area contributed by atoms with E-state index in [-0.39, 0.29) is 24.2 Å². The molecule has 3 rings (SSSR count). The van der Waals surface area contributed by atoms with Crippen molar-refractivity contribution in [3.63, 3.8) is 0 Å². The summed E-state index contributed by atoms with van der Waals surface area (Å²) in [5.74, 6) is -0.508. The molecule has 2 amide bonds. The Kier molecular flexibility index (Phi) is 5.65. The first kappa shape index (κ1) is 19.2. The Hall–Kier alpha value is -2.60. The molecular weight excluding hydrogens is 371 g/mol.